The number of ether oxygens (including phenoxy) is 1. The zero-order valence-electron chi connectivity index (χ0n) is 10.6. The standard InChI is InChI=1S/C12H18N2O3S/c1-14(8-9-3-4-9)18(15,16)12-6-5-10(17-2)7-11(12)13/h5-7,9H,3-4,8,13H2,1-2H3. The van der Waals surface area contributed by atoms with E-state index in [4.69, 9.17) is 10.5 Å². The number of nitrogens with zero attached hydrogens (tertiary/aromatic N) is 1. The van der Waals surface area contributed by atoms with Gasteiger partial charge in [-0.25, -0.2) is 12.7 Å². The predicted molar refractivity (Wildman–Crippen MR) is 69.9 cm³/mol. The van der Waals surface area contributed by atoms with Crippen LogP contribution in [0.1, 0.15) is 12.8 Å². The lowest BCUT2D eigenvalue weighted by Gasteiger charge is -2.18. The third-order valence-electron chi connectivity index (χ3n) is 3.12. The Bertz CT molecular complexity index is 538. The fourth-order valence-electron chi connectivity index (χ4n) is 1.82. The van der Waals surface area contributed by atoms with Crippen LogP contribution in [0.2, 0.25) is 0 Å². The van der Waals surface area contributed by atoms with Crippen LogP contribution in [0.3, 0.4) is 0 Å². The van der Waals surface area contributed by atoms with Gasteiger partial charge in [0.05, 0.1) is 12.8 Å². The number of hydrogen-bond donors (Lipinski definition) is 1. The van der Waals surface area contributed by atoms with Crippen molar-refractivity contribution < 1.29 is 13.2 Å². The van der Waals surface area contributed by atoms with Crippen molar-refractivity contribution in [2.45, 2.75) is 17.7 Å². The van der Waals surface area contributed by atoms with Crippen molar-refractivity contribution in [2.75, 3.05) is 26.4 Å². The van der Waals surface area contributed by atoms with Gasteiger partial charge in [0.1, 0.15) is 10.6 Å². The molecule has 0 aliphatic heterocycles. The molecule has 0 atom stereocenters. The van der Waals surface area contributed by atoms with Gasteiger partial charge in [0.15, 0.2) is 0 Å². The maximum absolute atomic E-state index is 12.3. The molecule has 0 spiro atoms. The third kappa shape index (κ3) is 2.59. The number of nitrogen functional groups attached to an aromatic ring is 1. The number of hydrogen-bond acceptors (Lipinski definition) is 4. The van der Waals surface area contributed by atoms with Crippen molar-refractivity contribution in [3.8, 4) is 5.75 Å². The molecule has 1 aliphatic rings. The highest BCUT2D eigenvalue weighted by molar-refractivity contribution is 7.89. The van der Waals surface area contributed by atoms with Gasteiger partial charge in [-0.1, -0.05) is 0 Å². The van der Waals surface area contributed by atoms with Crippen LogP contribution >= 0.6 is 0 Å². The first kappa shape index (κ1) is 13.2. The summed E-state index contributed by atoms with van der Waals surface area (Å²) in [6, 6.07) is 4.62. The quantitative estimate of drug-likeness (QED) is 0.819. The minimum atomic E-state index is -3.50. The first-order valence-corrected chi connectivity index (χ1v) is 7.29. The average Bonchev–Trinajstić information content (AvgIpc) is 3.12. The van der Waals surface area contributed by atoms with E-state index in [0.29, 0.717) is 18.2 Å². The fraction of sp³-hybridized carbons (Fsp3) is 0.500. The Labute approximate surface area is 108 Å². The molecule has 2 rings (SSSR count). The van der Waals surface area contributed by atoms with Crippen LogP contribution in [0.4, 0.5) is 5.69 Å². The van der Waals surface area contributed by atoms with Gasteiger partial charge >= 0.3 is 0 Å². The minimum Gasteiger partial charge on any atom is -0.497 e. The molecule has 1 fully saturated rings. The lowest BCUT2D eigenvalue weighted by Crippen LogP contribution is -2.29. The highest BCUT2D eigenvalue weighted by Crippen LogP contribution is 2.32. The number of anilines is 1. The Hall–Kier alpha value is -1.27. The second kappa shape index (κ2) is 4.78. The molecule has 100 valence electrons. The molecule has 1 saturated carbocycles. The van der Waals surface area contributed by atoms with Gasteiger partial charge in [0.2, 0.25) is 10.0 Å². The Balaban J connectivity index is 2.28. The topological polar surface area (TPSA) is 72.6 Å². The van der Waals surface area contributed by atoms with Gasteiger partial charge in [-0.15, -0.1) is 0 Å². The second-order valence-electron chi connectivity index (χ2n) is 4.63. The molecule has 0 bridgehead atoms. The van der Waals surface area contributed by atoms with Gasteiger partial charge in [0.25, 0.3) is 0 Å². The molecule has 18 heavy (non-hydrogen) atoms. The largest absolute Gasteiger partial charge is 0.497 e. The summed E-state index contributed by atoms with van der Waals surface area (Å²) < 4.78 is 31.0. The van der Waals surface area contributed by atoms with Gasteiger partial charge in [-0.2, -0.15) is 0 Å². The predicted octanol–water partition coefficient (Wildman–Crippen LogP) is 1.31. The highest BCUT2D eigenvalue weighted by Gasteiger charge is 2.30. The molecule has 1 aromatic rings. The molecule has 0 saturated heterocycles. The highest BCUT2D eigenvalue weighted by atomic mass is 32.2. The summed E-state index contributed by atoms with van der Waals surface area (Å²) in [5.74, 6) is 1.06. The number of methoxy groups -OCH3 is 1. The van der Waals surface area contributed by atoms with E-state index in [9.17, 15) is 8.42 Å². The molecule has 0 radical (unpaired) electrons. The second-order valence-corrected chi connectivity index (χ2v) is 6.65. The summed E-state index contributed by atoms with van der Waals surface area (Å²) in [4.78, 5) is 0.145. The summed E-state index contributed by atoms with van der Waals surface area (Å²) in [6.45, 7) is 0.563. The summed E-state index contributed by atoms with van der Waals surface area (Å²) in [7, 11) is -0.386. The lowest BCUT2D eigenvalue weighted by atomic mass is 10.3. The molecule has 2 N–H and O–H groups in total. The Morgan fingerprint density at radius 1 is 1.44 bits per heavy atom. The normalized spacial score (nSPS) is 15.9. The third-order valence-corrected chi connectivity index (χ3v) is 5.01. The van der Waals surface area contributed by atoms with Crippen molar-refractivity contribution in [2.24, 2.45) is 5.92 Å². The van der Waals surface area contributed by atoms with Crippen LogP contribution in [0.25, 0.3) is 0 Å². The molecule has 0 unspecified atom stereocenters. The van der Waals surface area contributed by atoms with Gasteiger partial charge < -0.3 is 10.5 Å². The molecule has 0 heterocycles. The first-order valence-electron chi connectivity index (χ1n) is 5.85. The zero-order valence-corrected chi connectivity index (χ0v) is 11.4. The summed E-state index contributed by atoms with van der Waals surface area (Å²) in [5.41, 5.74) is 6.00. The van der Waals surface area contributed by atoms with Gasteiger partial charge in [-0.05, 0) is 30.9 Å². The van der Waals surface area contributed by atoms with E-state index < -0.39 is 10.0 Å². The molecular formula is C12H18N2O3S. The summed E-state index contributed by atoms with van der Waals surface area (Å²) in [5, 5.41) is 0. The monoisotopic (exact) mass is 270 g/mol. The average molecular weight is 270 g/mol. The number of rotatable bonds is 5. The molecule has 1 aromatic carbocycles. The van der Waals surface area contributed by atoms with E-state index in [2.05, 4.69) is 0 Å². The van der Waals surface area contributed by atoms with Crippen molar-refractivity contribution in [3.05, 3.63) is 18.2 Å². The Morgan fingerprint density at radius 2 is 2.11 bits per heavy atom. The van der Waals surface area contributed by atoms with E-state index in [0.717, 1.165) is 12.8 Å². The van der Waals surface area contributed by atoms with E-state index in [1.54, 1.807) is 13.1 Å². The van der Waals surface area contributed by atoms with Crippen LogP contribution in [0, 0.1) is 5.92 Å². The zero-order chi connectivity index (χ0) is 13.3. The molecule has 5 nitrogen and oxygen atoms in total. The first-order chi connectivity index (χ1) is 8.45. The number of nitrogens with two attached hydrogens (primary N) is 1. The minimum absolute atomic E-state index is 0.145. The van der Waals surface area contributed by atoms with E-state index in [-0.39, 0.29) is 10.6 Å². The number of sulfonamides is 1. The van der Waals surface area contributed by atoms with E-state index in [1.165, 1.54) is 23.5 Å². The van der Waals surface area contributed by atoms with Crippen LogP contribution in [-0.4, -0.2) is 33.4 Å². The van der Waals surface area contributed by atoms with Crippen molar-refractivity contribution in [1.29, 1.82) is 0 Å². The van der Waals surface area contributed by atoms with Crippen molar-refractivity contribution >= 4 is 15.7 Å². The maximum atomic E-state index is 12.3. The molecular weight excluding hydrogens is 252 g/mol. The Morgan fingerprint density at radius 3 is 2.61 bits per heavy atom. The summed E-state index contributed by atoms with van der Waals surface area (Å²) in [6.07, 6.45) is 2.22. The Kier molecular flexibility index (Phi) is 3.49. The lowest BCUT2D eigenvalue weighted by molar-refractivity contribution is 0.414. The molecule has 0 aromatic heterocycles. The van der Waals surface area contributed by atoms with Crippen molar-refractivity contribution in [3.63, 3.8) is 0 Å². The van der Waals surface area contributed by atoms with Gasteiger partial charge in [0, 0.05) is 19.7 Å². The SMILES string of the molecule is COc1ccc(S(=O)(=O)N(C)CC2CC2)c(N)c1. The molecule has 0 amide bonds. The van der Waals surface area contributed by atoms with Crippen LogP contribution < -0.4 is 10.5 Å². The molecule has 6 heteroatoms. The van der Waals surface area contributed by atoms with Crippen LogP contribution in [0.5, 0.6) is 5.75 Å². The van der Waals surface area contributed by atoms with E-state index >= 15 is 0 Å². The number of benzene rings is 1. The molecule has 1 aliphatic carbocycles. The van der Waals surface area contributed by atoms with Crippen LogP contribution in [-0.2, 0) is 10.0 Å². The van der Waals surface area contributed by atoms with Crippen molar-refractivity contribution in [1.82, 2.24) is 4.31 Å². The van der Waals surface area contributed by atoms with Crippen LogP contribution in [0.15, 0.2) is 23.1 Å². The fourth-order valence-corrected chi connectivity index (χ4v) is 3.16. The van der Waals surface area contributed by atoms with Gasteiger partial charge in [-0.3, -0.25) is 0 Å². The maximum Gasteiger partial charge on any atom is 0.244 e. The summed E-state index contributed by atoms with van der Waals surface area (Å²) >= 11 is 0. The van der Waals surface area contributed by atoms with E-state index in [1.807, 2.05) is 0 Å². The smallest absolute Gasteiger partial charge is 0.244 e.